The second-order valence-electron chi connectivity index (χ2n) is 7.17. The summed E-state index contributed by atoms with van der Waals surface area (Å²) >= 11 is 0. The predicted octanol–water partition coefficient (Wildman–Crippen LogP) is 2.33. The fraction of sp³-hybridized carbons (Fsp3) is 0.368. The van der Waals surface area contributed by atoms with E-state index in [0.29, 0.717) is 29.8 Å². The number of carbonyl (C=O) groups is 1. The molecule has 0 aliphatic carbocycles. The van der Waals surface area contributed by atoms with Gasteiger partial charge in [0.1, 0.15) is 5.82 Å². The minimum absolute atomic E-state index is 0.0875. The number of nitrogens with zero attached hydrogens (tertiary/aromatic N) is 3. The lowest BCUT2D eigenvalue weighted by atomic mass is 10.1. The van der Waals surface area contributed by atoms with Crippen molar-refractivity contribution in [2.45, 2.75) is 25.8 Å². The first kappa shape index (κ1) is 21.2. The van der Waals surface area contributed by atoms with E-state index in [2.05, 4.69) is 10.3 Å². The molecule has 0 bridgehead atoms. The smallest absolute Gasteiger partial charge is 0.321 e. The third-order valence-electron chi connectivity index (χ3n) is 5.00. The Hall–Kier alpha value is -2.56. The molecule has 2 heterocycles. The number of aromatic nitrogens is 1. The van der Waals surface area contributed by atoms with Gasteiger partial charge in [0.15, 0.2) is 0 Å². The largest absolute Gasteiger partial charge is 0.325 e. The maximum Gasteiger partial charge on any atom is 0.321 e. The van der Waals surface area contributed by atoms with Gasteiger partial charge in [0.25, 0.3) is 10.2 Å². The van der Waals surface area contributed by atoms with Crippen LogP contribution in [0.25, 0.3) is 11.3 Å². The summed E-state index contributed by atoms with van der Waals surface area (Å²) in [6.45, 7) is 2.37. The van der Waals surface area contributed by atoms with Crippen molar-refractivity contribution in [1.29, 1.82) is 0 Å². The molecule has 0 atom stereocenters. The van der Waals surface area contributed by atoms with Gasteiger partial charge in [-0.2, -0.15) is 12.7 Å². The number of hydrogen-bond donors (Lipinski definition) is 2. The van der Waals surface area contributed by atoms with Gasteiger partial charge in [-0.15, -0.1) is 0 Å². The second kappa shape index (κ2) is 8.44. The molecule has 3 rings (SSSR count). The molecule has 1 saturated heterocycles. The Bertz CT molecular complexity index is 969. The summed E-state index contributed by atoms with van der Waals surface area (Å²) in [5, 5.41) is 7.92. The van der Waals surface area contributed by atoms with Crippen LogP contribution in [0.4, 0.5) is 14.9 Å². The van der Waals surface area contributed by atoms with Gasteiger partial charge in [0.2, 0.25) is 0 Å². The molecule has 156 valence electrons. The minimum atomic E-state index is -3.69. The number of nitrogens with two attached hydrogens (primary N) is 1. The van der Waals surface area contributed by atoms with Crippen LogP contribution in [0.3, 0.4) is 0 Å². The van der Waals surface area contributed by atoms with Gasteiger partial charge in [-0.1, -0.05) is 0 Å². The highest BCUT2D eigenvalue weighted by molar-refractivity contribution is 7.86. The molecule has 1 aromatic carbocycles. The van der Waals surface area contributed by atoms with E-state index in [1.807, 2.05) is 13.0 Å². The average molecular weight is 421 g/mol. The van der Waals surface area contributed by atoms with E-state index in [-0.39, 0.29) is 31.0 Å². The number of urea groups is 1. The minimum Gasteiger partial charge on any atom is -0.325 e. The zero-order valence-corrected chi connectivity index (χ0v) is 17.1. The maximum absolute atomic E-state index is 13.6. The van der Waals surface area contributed by atoms with Crippen LogP contribution in [0.5, 0.6) is 0 Å². The third kappa shape index (κ3) is 5.28. The summed E-state index contributed by atoms with van der Waals surface area (Å²) in [5.74, 6) is -0.325. The van der Waals surface area contributed by atoms with Gasteiger partial charge in [-0.25, -0.2) is 14.3 Å². The lowest BCUT2D eigenvalue weighted by Crippen LogP contribution is -2.49. The van der Waals surface area contributed by atoms with Crippen LogP contribution in [-0.4, -0.2) is 54.8 Å². The maximum atomic E-state index is 13.6. The highest BCUT2D eigenvalue weighted by atomic mass is 32.2. The second-order valence-corrected chi connectivity index (χ2v) is 8.71. The molecule has 10 heteroatoms. The number of aryl methyl sites for hydroxylation is 1. The zero-order chi connectivity index (χ0) is 21.2. The highest BCUT2D eigenvalue weighted by Gasteiger charge is 2.29. The van der Waals surface area contributed by atoms with Gasteiger partial charge >= 0.3 is 6.03 Å². The molecule has 1 aliphatic heterocycles. The highest BCUT2D eigenvalue weighted by Crippen LogP contribution is 2.22. The van der Waals surface area contributed by atoms with E-state index in [1.165, 1.54) is 22.6 Å². The molecule has 0 saturated carbocycles. The van der Waals surface area contributed by atoms with Crippen LogP contribution >= 0.6 is 0 Å². The quantitative estimate of drug-likeness (QED) is 0.790. The number of amides is 2. The Morgan fingerprint density at radius 1 is 1.28 bits per heavy atom. The van der Waals surface area contributed by atoms with Crippen molar-refractivity contribution in [3.8, 4) is 11.3 Å². The van der Waals surface area contributed by atoms with Crippen LogP contribution in [0.1, 0.15) is 18.4 Å². The molecular formula is C19H24FN5O3S. The van der Waals surface area contributed by atoms with Crippen LogP contribution in [-0.2, 0) is 10.2 Å². The summed E-state index contributed by atoms with van der Waals surface area (Å²) in [6.07, 6.45) is 2.54. The lowest BCUT2D eigenvalue weighted by Gasteiger charge is -2.35. The fourth-order valence-corrected chi connectivity index (χ4v) is 4.10. The first-order valence-corrected chi connectivity index (χ1v) is 10.7. The standard InChI is InChI=1S/C19H24FN5O3S/c1-13-9-14(11-15(20)10-13)18-4-3-16(12-22-18)23-19(26)24(2)17-5-7-25(8-6-17)29(21,27)28/h3-4,9-12,17H,5-8H2,1-2H3,(H,23,26)(H2,21,27,28). The number of rotatable bonds is 4. The lowest BCUT2D eigenvalue weighted by molar-refractivity contribution is 0.174. The SMILES string of the molecule is Cc1cc(F)cc(-c2ccc(NC(=O)N(C)C3CCN(S(N)(=O)=O)CC3)cn2)c1. The number of anilines is 1. The van der Waals surface area contributed by atoms with Gasteiger partial charge in [-0.3, -0.25) is 4.98 Å². The molecule has 1 aliphatic rings. The van der Waals surface area contributed by atoms with Crippen molar-refractivity contribution >= 4 is 21.9 Å². The number of benzene rings is 1. The first-order chi connectivity index (χ1) is 13.6. The van der Waals surface area contributed by atoms with Crippen molar-refractivity contribution in [2.24, 2.45) is 5.14 Å². The van der Waals surface area contributed by atoms with Crippen molar-refractivity contribution < 1.29 is 17.6 Å². The van der Waals surface area contributed by atoms with Gasteiger partial charge in [0.05, 0.1) is 17.6 Å². The summed E-state index contributed by atoms with van der Waals surface area (Å²) in [4.78, 5) is 18.4. The predicted molar refractivity (Wildman–Crippen MR) is 109 cm³/mol. The number of piperidine rings is 1. The molecule has 3 N–H and O–H groups in total. The molecule has 29 heavy (non-hydrogen) atoms. The molecule has 1 fully saturated rings. The number of nitrogens with one attached hydrogen (secondary N) is 1. The Morgan fingerprint density at radius 2 is 1.97 bits per heavy atom. The van der Waals surface area contributed by atoms with Gasteiger partial charge in [-0.05, 0) is 55.7 Å². The van der Waals surface area contributed by atoms with Gasteiger partial charge in [0, 0.05) is 31.7 Å². The van der Waals surface area contributed by atoms with Crippen molar-refractivity contribution in [3.05, 3.63) is 47.9 Å². The van der Waals surface area contributed by atoms with Crippen LogP contribution in [0, 0.1) is 12.7 Å². The molecule has 1 aromatic heterocycles. The Balaban J connectivity index is 1.60. The average Bonchev–Trinajstić information content (AvgIpc) is 2.66. The number of carbonyl (C=O) groups excluding carboxylic acids is 1. The summed E-state index contributed by atoms with van der Waals surface area (Å²) in [6, 6.07) is 7.72. The Labute approximate surface area is 169 Å². The monoisotopic (exact) mass is 421 g/mol. The fourth-order valence-electron chi connectivity index (χ4n) is 3.38. The van der Waals surface area contributed by atoms with Crippen LogP contribution in [0.15, 0.2) is 36.5 Å². The van der Waals surface area contributed by atoms with E-state index < -0.39 is 10.2 Å². The third-order valence-corrected chi connectivity index (χ3v) is 6.09. The summed E-state index contributed by atoms with van der Waals surface area (Å²) < 4.78 is 37.6. The van der Waals surface area contributed by atoms with E-state index in [9.17, 15) is 17.6 Å². The van der Waals surface area contributed by atoms with E-state index in [1.54, 1.807) is 24.1 Å². The number of hydrogen-bond acceptors (Lipinski definition) is 4. The van der Waals surface area contributed by atoms with Crippen molar-refractivity contribution in [3.63, 3.8) is 0 Å². The molecule has 0 spiro atoms. The number of halogens is 1. The van der Waals surface area contributed by atoms with Crippen molar-refractivity contribution in [2.75, 3.05) is 25.5 Å². The van der Waals surface area contributed by atoms with E-state index in [0.717, 1.165) is 5.56 Å². The zero-order valence-electron chi connectivity index (χ0n) is 16.3. The molecular weight excluding hydrogens is 397 g/mol. The van der Waals surface area contributed by atoms with Gasteiger partial charge < -0.3 is 10.2 Å². The van der Waals surface area contributed by atoms with Crippen molar-refractivity contribution in [1.82, 2.24) is 14.2 Å². The Kier molecular flexibility index (Phi) is 6.15. The van der Waals surface area contributed by atoms with E-state index >= 15 is 0 Å². The first-order valence-electron chi connectivity index (χ1n) is 9.19. The van der Waals surface area contributed by atoms with Crippen LogP contribution < -0.4 is 10.5 Å². The van der Waals surface area contributed by atoms with Crippen LogP contribution in [0.2, 0.25) is 0 Å². The molecule has 0 radical (unpaired) electrons. The molecule has 2 aromatic rings. The van der Waals surface area contributed by atoms with E-state index in [4.69, 9.17) is 5.14 Å². The molecule has 2 amide bonds. The summed E-state index contributed by atoms with van der Waals surface area (Å²) in [7, 11) is -2.02. The summed E-state index contributed by atoms with van der Waals surface area (Å²) in [5.41, 5.74) is 2.59. The molecule has 8 nitrogen and oxygen atoms in total. The normalized spacial score (nSPS) is 15.9. The number of pyridine rings is 1. The molecule has 0 unspecified atom stereocenters. The topological polar surface area (TPSA) is 109 Å². The Morgan fingerprint density at radius 3 is 2.52 bits per heavy atom.